The molecule has 1 aromatic carbocycles. The van der Waals surface area contributed by atoms with Gasteiger partial charge >= 0.3 is 0 Å². The fraction of sp³-hybridized carbons (Fsp3) is 0.357. The number of pyridine rings is 1. The van der Waals surface area contributed by atoms with Crippen LogP contribution in [0.15, 0.2) is 23.0 Å². The second kappa shape index (κ2) is 4.12. The third-order valence-electron chi connectivity index (χ3n) is 2.86. The highest BCUT2D eigenvalue weighted by Crippen LogP contribution is 2.16. The van der Waals surface area contributed by atoms with Crippen molar-refractivity contribution in [3.63, 3.8) is 0 Å². The van der Waals surface area contributed by atoms with Crippen LogP contribution >= 0.6 is 0 Å². The minimum Gasteiger partial charge on any atom is -0.358 e. The van der Waals surface area contributed by atoms with E-state index in [9.17, 15) is 4.79 Å². The second-order valence-corrected chi connectivity index (χ2v) is 4.41. The summed E-state index contributed by atoms with van der Waals surface area (Å²) < 4.78 is 0. The molecule has 16 heavy (non-hydrogen) atoms. The van der Waals surface area contributed by atoms with Crippen LogP contribution in [-0.2, 0) is 6.42 Å². The van der Waals surface area contributed by atoms with Gasteiger partial charge in [0.05, 0.1) is 5.52 Å². The maximum absolute atomic E-state index is 12.0. The predicted octanol–water partition coefficient (Wildman–Crippen LogP) is 3.10. The number of hydrogen-bond donors (Lipinski definition) is 1. The Hall–Kier alpha value is -1.57. The number of aromatic amines is 1. The second-order valence-electron chi connectivity index (χ2n) is 4.41. The maximum atomic E-state index is 12.0. The summed E-state index contributed by atoms with van der Waals surface area (Å²) in [6.45, 7) is 6.18. The smallest absolute Gasteiger partial charge is 0.189 e. The molecule has 0 aliphatic carbocycles. The molecule has 2 nitrogen and oxygen atoms in total. The summed E-state index contributed by atoms with van der Waals surface area (Å²) in [5.41, 5.74) is 4.43. The van der Waals surface area contributed by atoms with Crippen LogP contribution in [0.2, 0.25) is 0 Å². The fourth-order valence-corrected chi connectivity index (χ4v) is 2.16. The first-order valence-corrected chi connectivity index (χ1v) is 5.75. The van der Waals surface area contributed by atoms with Gasteiger partial charge in [0.1, 0.15) is 0 Å². The molecule has 0 aliphatic heterocycles. The van der Waals surface area contributed by atoms with Crippen molar-refractivity contribution in [2.75, 3.05) is 0 Å². The Kier molecular flexibility index (Phi) is 2.82. The molecule has 0 unspecified atom stereocenters. The molecule has 84 valence electrons. The van der Waals surface area contributed by atoms with Crippen molar-refractivity contribution >= 4 is 10.9 Å². The Morgan fingerprint density at radius 2 is 1.94 bits per heavy atom. The summed E-state index contributed by atoms with van der Waals surface area (Å²) in [5, 5.41) is 0.803. The molecule has 0 aliphatic rings. The zero-order chi connectivity index (χ0) is 11.7. The zero-order valence-electron chi connectivity index (χ0n) is 10.1. The fourth-order valence-electron chi connectivity index (χ4n) is 2.16. The zero-order valence-corrected chi connectivity index (χ0v) is 10.1. The summed E-state index contributed by atoms with van der Waals surface area (Å²) in [6.07, 6.45) is 1.98. The largest absolute Gasteiger partial charge is 0.358 e. The van der Waals surface area contributed by atoms with Gasteiger partial charge in [0.2, 0.25) is 0 Å². The number of benzene rings is 1. The summed E-state index contributed by atoms with van der Waals surface area (Å²) >= 11 is 0. The Labute approximate surface area is 95.3 Å². The Bertz CT molecular complexity index is 581. The lowest BCUT2D eigenvalue weighted by molar-refractivity contribution is 0.887. The van der Waals surface area contributed by atoms with E-state index in [1.54, 1.807) is 6.07 Å². The van der Waals surface area contributed by atoms with Crippen molar-refractivity contribution in [2.24, 2.45) is 0 Å². The maximum Gasteiger partial charge on any atom is 0.189 e. The first-order chi connectivity index (χ1) is 7.61. The molecule has 0 fully saturated rings. The van der Waals surface area contributed by atoms with E-state index in [-0.39, 0.29) is 5.43 Å². The van der Waals surface area contributed by atoms with E-state index in [1.807, 2.05) is 19.9 Å². The third kappa shape index (κ3) is 1.87. The van der Waals surface area contributed by atoms with Crippen LogP contribution in [-0.4, -0.2) is 4.98 Å². The lowest BCUT2D eigenvalue weighted by Crippen LogP contribution is -2.06. The van der Waals surface area contributed by atoms with Crippen LogP contribution in [0.3, 0.4) is 0 Å². The molecule has 1 heterocycles. The van der Waals surface area contributed by atoms with Gasteiger partial charge in [-0.15, -0.1) is 0 Å². The molecule has 2 aromatic rings. The van der Waals surface area contributed by atoms with Crippen molar-refractivity contribution < 1.29 is 0 Å². The van der Waals surface area contributed by atoms with Crippen LogP contribution in [0.5, 0.6) is 0 Å². The van der Waals surface area contributed by atoms with Crippen molar-refractivity contribution in [3.8, 4) is 0 Å². The van der Waals surface area contributed by atoms with Crippen LogP contribution in [0, 0.1) is 13.8 Å². The molecular formula is C14H17NO. The summed E-state index contributed by atoms with van der Waals surface area (Å²) in [5.74, 6) is 0. The SMILES string of the molecule is CCCc1cc(=O)c2cc(C)cc(C)c2[nH]1. The third-order valence-corrected chi connectivity index (χ3v) is 2.86. The number of rotatable bonds is 2. The number of fused-ring (bicyclic) bond motifs is 1. The molecule has 0 atom stereocenters. The number of H-pyrrole nitrogens is 1. The van der Waals surface area contributed by atoms with E-state index < -0.39 is 0 Å². The minimum absolute atomic E-state index is 0.129. The van der Waals surface area contributed by atoms with Gasteiger partial charge in [-0.2, -0.15) is 0 Å². The molecule has 1 aromatic heterocycles. The number of aromatic nitrogens is 1. The lowest BCUT2D eigenvalue weighted by Gasteiger charge is -2.07. The van der Waals surface area contributed by atoms with E-state index in [2.05, 4.69) is 18.0 Å². The number of aryl methyl sites for hydroxylation is 3. The van der Waals surface area contributed by atoms with Crippen LogP contribution < -0.4 is 5.43 Å². The van der Waals surface area contributed by atoms with Crippen molar-refractivity contribution in [3.05, 3.63) is 45.2 Å². The highest BCUT2D eigenvalue weighted by Gasteiger charge is 2.04. The normalized spacial score (nSPS) is 10.9. The van der Waals surface area contributed by atoms with Gasteiger partial charge in [0.15, 0.2) is 5.43 Å². The van der Waals surface area contributed by atoms with Gasteiger partial charge in [-0.3, -0.25) is 4.79 Å². The van der Waals surface area contributed by atoms with Crippen molar-refractivity contribution in [1.29, 1.82) is 0 Å². The van der Waals surface area contributed by atoms with Crippen molar-refractivity contribution in [1.82, 2.24) is 4.98 Å². The van der Waals surface area contributed by atoms with E-state index in [1.165, 1.54) is 0 Å². The summed E-state index contributed by atoms with van der Waals surface area (Å²) in [4.78, 5) is 15.3. The molecule has 2 heteroatoms. The average Bonchev–Trinajstić information content (AvgIpc) is 2.20. The van der Waals surface area contributed by atoms with Gasteiger partial charge in [0, 0.05) is 17.1 Å². The van der Waals surface area contributed by atoms with E-state index in [4.69, 9.17) is 0 Å². The predicted molar refractivity (Wildman–Crippen MR) is 68.0 cm³/mol. The number of hydrogen-bond acceptors (Lipinski definition) is 1. The molecule has 0 amide bonds. The quantitative estimate of drug-likeness (QED) is 0.820. The van der Waals surface area contributed by atoms with Crippen molar-refractivity contribution in [2.45, 2.75) is 33.6 Å². The van der Waals surface area contributed by atoms with Crippen LogP contribution in [0.1, 0.15) is 30.2 Å². The molecular weight excluding hydrogens is 198 g/mol. The summed E-state index contributed by atoms with van der Waals surface area (Å²) in [6, 6.07) is 5.79. The molecule has 0 bridgehead atoms. The summed E-state index contributed by atoms with van der Waals surface area (Å²) in [7, 11) is 0. The first-order valence-electron chi connectivity index (χ1n) is 5.75. The molecule has 2 rings (SSSR count). The van der Waals surface area contributed by atoms with Crippen LogP contribution in [0.25, 0.3) is 10.9 Å². The Morgan fingerprint density at radius 3 is 2.62 bits per heavy atom. The molecule has 0 radical (unpaired) electrons. The molecule has 0 spiro atoms. The topological polar surface area (TPSA) is 32.9 Å². The first kappa shape index (κ1) is 10.9. The highest BCUT2D eigenvalue weighted by atomic mass is 16.1. The van der Waals surface area contributed by atoms with E-state index in [0.717, 1.165) is 40.6 Å². The van der Waals surface area contributed by atoms with Gasteiger partial charge in [-0.1, -0.05) is 19.4 Å². The standard InChI is InChI=1S/C14H17NO/c1-4-5-11-8-13(16)12-7-9(2)6-10(3)14(12)15-11/h6-8H,4-5H2,1-3H3,(H,15,16). The Morgan fingerprint density at radius 1 is 1.19 bits per heavy atom. The highest BCUT2D eigenvalue weighted by molar-refractivity contribution is 5.82. The van der Waals surface area contributed by atoms with Crippen LogP contribution in [0.4, 0.5) is 0 Å². The lowest BCUT2D eigenvalue weighted by atomic mass is 10.1. The van der Waals surface area contributed by atoms with Gasteiger partial charge in [0.25, 0.3) is 0 Å². The molecule has 0 saturated carbocycles. The van der Waals surface area contributed by atoms with Gasteiger partial charge in [-0.05, 0) is 37.5 Å². The average molecular weight is 215 g/mol. The Balaban J connectivity index is 2.77. The monoisotopic (exact) mass is 215 g/mol. The number of nitrogens with one attached hydrogen (secondary N) is 1. The molecule has 0 saturated heterocycles. The molecule has 1 N–H and O–H groups in total. The van der Waals surface area contributed by atoms with Gasteiger partial charge < -0.3 is 4.98 Å². The van der Waals surface area contributed by atoms with E-state index in [0.29, 0.717) is 0 Å². The minimum atomic E-state index is 0.129. The van der Waals surface area contributed by atoms with E-state index >= 15 is 0 Å². The van der Waals surface area contributed by atoms with Gasteiger partial charge in [-0.25, -0.2) is 0 Å².